The number of carbonyl (C=O) groups excluding carboxylic acids is 1. The van der Waals surface area contributed by atoms with Gasteiger partial charge in [0.25, 0.3) is 0 Å². The van der Waals surface area contributed by atoms with Crippen LogP contribution in [-0.4, -0.2) is 51.1 Å². The smallest absolute Gasteiger partial charge is 0.195 e. The number of ketones is 1. The van der Waals surface area contributed by atoms with Crippen LogP contribution in [-0.2, 0) is 0 Å². The van der Waals surface area contributed by atoms with Crippen LogP contribution in [0.25, 0.3) is 0 Å². The Labute approximate surface area is 150 Å². The van der Waals surface area contributed by atoms with E-state index in [4.69, 9.17) is 0 Å². The molecule has 1 aromatic heterocycles. The van der Waals surface area contributed by atoms with E-state index in [1.165, 1.54) is 25.1 Å². The summed E-state index contributed by atoms with van der Waals surface area (Å²) in [6.45, 7) is 6.19. The maximum Gasteiger partial charge on any atom is 0.195 e. The molecule has 0 aromatic carbocycles. The lowest BCUT2D eigenvalue weighted by atomic mass is 9.93. The van der Waals surface area contributed by atoms with Gasteiger partial charge in [-0.25, -0.2) is 4.98 Å². The minimum absolute atomic E-state index is 0.00165. The van der Waals surface area contributed by atoms with Gasteiger partial charge >= 0.3 is 0 Å². The van der Waals surface area contributed by atoms with Crippen LogP contribution in [0.15, 0.2) is 18.3 Å². The Bertz CT molecular complexity index is 583. The van der Waals surface area contributed by atoms with Gasteiger partial charge < -0.3 is 10.2 Å². The van der Waals surface area contributed by atoms with E-state index in [1.54, 1.807) is 6.07 Å². The Morgan fingerprint density at radius 1 is 1.24 bits per heavy atom. The van der Waals surface area contributed by atoms with E-state index in [-0.39, 0.29) is 11.5 Å². The van der Waals surface area contributed by atoms with Crippen molar-refractivity contribution in [1.82, 2.24) is 9.88 Å². The van der Waals surface area contributed by atoms with E-state index in [2.05, 4.69) is 9.88 Å². The molecule has 0 bridgehead atoms. The molecule has 4 rings (SSSR count). The van der Waals surface area contributed by atoms with Gasteiger partial charge in [0.05, 0.1) is 18.3 Å². The fraction of sp³-hybridized carbons (Fsp3) is 0.700. The van der Waals surface area contributed by atoms with E-state index in [9.17, 15) is 15.0 Å². The standard InChI is InChI=1S/C18H24N2O3.C2H6/c21-15-3-4-16(19-8-15)17(22)11-20-9-13-6-18(23,5-12-1-2-12)7-14(13)10-20;1-2/h3-4,8,12-14,21,23H,1-2,5-7,9-11H2;1-2H3/t13-,14+,18?;. The highest BCUT2D eigenvalue weighted by molar-refractivity contribution is 5.95. The number of hydrogen-bond acceptors (Lipinski definition) is 5. The second-order valence-corrected chi connectivity index (χ2v) is 7.82. The lowest BCUT2D eigenvalue weighted by Crippen LogP contribution is -2.33. The monoisotopic (exact) mass is 346 g/mol. The molecule has 1 aliphatic heterocycles. The number of aromatic nitrogens is 1. The number of fused-ring (bicyclic) bond motifs is 1. The maximum absolute atomic E-state index is 12.3. The minimum Gasteiger partial charge on any atom is -0.506 e. The van der Waals surface area contributed by atoms with Crippen LogP contribution in [0.5, 0.6) is 5.75 Å². The van der Waals surface area contributed by atoms with Crippen LogP contribution < -0.4 is 0 Å². The summed E-state index contributed by atoms with van der Waals surface area (Å²) < 4.78 is 0. The molecule has 1 aromatic rings. The number of likely N-dealkylation sites (tertiary alicyclic amines) is 1. The van der Waals surface area contributed by atoms with E-state index in [0.29, 0.717) is 24.1 Å². The quantitative estimate of drug-likeness (QED) is 0.802. The highest BCUT2D eigenvalue weighted by Gasteiger charge is 2.49. The second kappa shape index (κ2) is 7.42. The topological polar surface area (TPSA) is 73.7 Å². The first-order chi connectivity index (χ1) is 12.0. The summed E-state index contributed by atoms with van der Waals surface area (Å²) in [4.78, 5) is 18.5. The molecule has 3 atom stereocenters. The molecule has 2 N–H and O–H groups in total. The normalized spacial score (nSPS) is 31.3. The SMILES string of the molecule is CC.O=C(CN1C[C@@H]2CC(O)(CC3CC3)C[C@@H]2C1)c1ccc(O)cn1. The molecule has 5 nitrogen and oxygen atoms in total. The molecule has 3 aliphatic rings. The van der Waals surface area contributed by atoms with Gasteiger partial charge in [0, 0.05) is 13.1 Å². The van der Waals surface area contributed by atoms with Crippen LogP contribution in [0.1, 0.15) is 56.4 Å². The Morgan fingerprint density at radius 2 is 1.88 bits per heavy atom. The van der Waals surface area contributed by atoms with Crippen molar-refractivity contribution in [2.75, 3.05) is 19.6 Å². The number of carbonyl (C=O) groups is 1. The summed E-state index contributed by atoms with van der Waals surface area (Å²) >= 11 is 0. The Hall–Kier alpha value is -1.46. The summed E-state index contributed by atoms with van der Waals surface area (Å²) in [7, 11) is 0. The highest BCUT2D eigenvalue weighted by atomic mass is 16.3. The average Bonchev–Trinajstić information content (AvgIpc) is 3.23. The molecule has 0 amide bonds. The van der Waals surface area contributed by atoms with Crippen molar-refractivity contribution < 1.29 is 15.0 Å². The van der Waals surface area contributed by atoms with Crippen LogP contribution in [0, 0.1) is 17.8 Å². The molecule has 2 saturated carbocycles. The van der Waals surface area contributed by atoms with Gasteiger partial charge in [-0.3, -0.25) is 9.69 Å². The zero-order valence-corrected chi connectivity index (χ0v) is 15.3. The molecule has 25 heavy (non-hydrogen) atoms. The van der Waals surface area contributed by atoms with E-state index < -0.39 is 5.60 Å². The summed E-state index contributed by atoms with van der Waals surface area (Å²) in [6, 6.07) is 3.07. The summed E-state index contributed by atoms with van der Waals surface area (Å²) in [5.41, 5.74) is -0.0319. The van der Waals surface area contributed by atoms with Gasteiger partial charge in [-0.1, -0.05) is 26.7 Å². The predicted octanol–water partition coefficient (Wildman–Crippen LogP) is 2.87. The number of nitrogens with zero attached hydrogens (tertiary/aromatic N) is 2. The van der Waals surface area contributed by atoms with Gasteiger partial charge in [0.1, 0.15) is 11.4 Å². The second-order valence-electron chi connectivity index (χ2n) is 7.82. The number of pyridine rings is 1. The molecule has 3 fully saturated rings. The third-order valence-corrected chi connectivity index (χ3v) is 5.70. The largest absolute Gasteiger partial charge is 0.506 e. The van der Waals surface area contributed by atoms with Crippen LogP contribution in [0.3, 0.4) is 0 Å². The number of Topliss-reactive ketones (excluding diaryl/α,β-unsaturated/α-hetero) is 1. The van der Waals surface area contributed by atoms with E-state index in [1.807, 2.05) is 13.8 Å². The van der Waals surface area contributed by atoms with Gasteiger partial charge in [-0.2, -0.15) is 0 Å². The first-order valence-electron chi connectivity index (χ1n) is 9.64. The number of aliphatic hydroxyl groups is 1. The Balaban J connectivity index is 0.000000880. The third kappa shape index (κ3) is 4.39. The molecule has 2 heterocycles. The Morgan fingerprint density at radius 3 is 2.40 bits per heavy atom. The van der Waals surface area contributed by atoms with Crippen molar-refractivity contribution >= 4 is 5.78 Å². The van der Waals surface area contributed by atoms with Crippen molar-refractivity contribution in [2.24, 2.45) is 17.8 Å². The van der Waals surface area contributed by atoms with Gasteiger partial charge in [0.2, 0.25) is 0 Å². The molecule has 5 heteroatoms. The zero-order valence-electron chi connectivity index (χ0n) is 15.3. The van der Waals surface area contributed by atoms with Crippen LogP contribution in [0.4, 0.5) is 0 Å². The maximum atomic E-state index is 12.3. The van der Waals surface area contributed by atoms with E-state index in [0.717, 1.165) is 38.3 Å². The first-order valence-corrected chi connectivity index (χ1v) is 9.64. The van der Waals surface area contributed by atoms with Crippen molar-refractivity contribution in [3.63, 3.8) is 0 Å². The molecule has 138 valence electrons. The number of hydrogen-bond donors (Lipinski definition) is 2. The molecule has 2 aliphatic carbocycles. The van der Waals surface area contributed by atoms with Crippen LogP contribution in [0.2, 0.25) is 0 Å². The molecule has 1 unspecified atom stereocenters. The minimum atomic E-state index is -0.439. The zero-order chi connectivity index (χ0) is 18.0. The summed E-state index contributed by atoms with van der Waals surface area (Å²) in [6.07, 6.45) is 6.67. The van der Waals surface area contributed by atoms with Crippen LogP contribution >= 0.6 is 0 Å². The first kappa shape index (κ1) is 18.3. The highest BCUT2D eigenvalue weighted by Crippen LogP contribution is 2.49. The molecular weight excluding hydrogens is 316 g/mol. The average molecular weight is 346 g/mol. The lowest BCUT2D eigenvalue weighted by Gasteiger charge is -2.25. The Kier molecular flexibility index (Phi) is 5.44. The van der Waals surface area contributed by atoms with Crippen molar-refractivity contribution in [1.29, 1.82) is 0 Å². The molecule has 0 spiro atoms. The third-order valence-electron chi connectivity index (χ3n) is 5.70. The summed E-state index contributed by atoms with van der Waals surface area (Å²) in [5, 5.41) is 20.0. The molecule has 1 saturated heterocycles. The van der Waals surface area contributed by atoms with Gasteiger partial charge in [-0.15, -0.1) is 0 Å². The van der Waals surface area contributed by atoms with Crippen molar-refractivity contribution in [3.05, 3.63) is 24.0 Å². The lowest BCUT2D eigenvalue weighted by molar-refractivity contribution is 0.0215. The number of rotatable bonds is 5. The number of aromatic hydroxyl groups is 1. The fourth-order valence-corrected chi connectivity index (χ4v) is 4.55. The predicted molar refractivity (Wildman–Crippen MR) is 96.5 cm³/mol. The molecule has 0 radical (unpaired) electrons. The van der Waals surface area contributed by atoms with Crippen molar-refractivity contribution in [3.8, 4) is 5.75 Å². The molecular formula is C20H30N2O3. The fourth-order valence-electron chi connectivity index (χ4n) is 4.55. The van der Waals surface area contributed by atoms with Gasteiger partial charge in [0.15, 0.2) is 5.78 Å². The van der Waals surface area contributed by atoms with E-state index >= 15 is 0 Å². The summed E-state index contributed by atoms with van der Waals surface area (Å²) in [5.74, 6) is 1.89. The van der Waals surface area contributed by atoms with Crippen molar-refractivity contribution in [2.45, 2.75) is 51.6 Å². The van der Waals surface area contributed by atoms with Gasteiger partial charge in [-0.05, 0) is 49.1 Å².